The van der Waals surface area contributed by atoms with E-state index in [1.807, 2.05) is 17.8 Å². The molecule has 0 bridgehead atoms. The Balaban J connectivity index is 1.84. The Morgan fingerprint density at radius 2 is 2.16 bits per heavy atom. The molecule has 108 valence electrons. The van der Waals surface area contributed by atoms with E-state index in [2.05, 4.69) is 9.82 Å². The maximum Gasteiger partial charge on any atom is 0.211 e. The fourth-order valence-electron chi connectivity index (χ4n) is 2.46. The Morgan fingerprint density at radius 1 is 1.37 bits per heavy atom. The van der Waals surface area contributed by atoms with Gasteiger partial charge in [0.25, 0.3) is 0 Å². The van der Waals surface area contributed by atoms with Crippen LogP contribution in [0, 0.1) is 0 Å². The molecule has 0 aliphatic heterocycles. The number of aromatic nitrogens is 2. The topological polar surface area (TPSA) is 64.0 Å². The summed E-state index contributed by atoms with van der Waals surface area (Å²) in [4.78, 5) is 0. The van der Waals surface area contributed by atoms with E-state index in [0.29, 0.717) is 19.5 Å². The fourth-order valence-corrected chi connectivity index (χ4v) is 3.68. The van der Waals surface area contributed by atoms with E-state index in [1.165, 1.54) is 24.1 Å². The maximum atomic E-state index is 11.7. The highest BCUT2D eigenvalue weighted by Gasteiger charge is 2.15. The molecule has 0 amide bonds. The van der Waals surface area contributed by atoms with Crippen LogP contribution in [-0.2, 0) is 29.4 Å². The van der Waals surface area contributed by atoms with Crippen LogP contribution in [0.4, 0.5) is 0 Å². The number of aryl methyl sites for hydroxylation is 1. The highest BCUT2D eigenvalue weighted by atomic mass is 32.2. The summed E-state index contributed by atoms with van der Waals surface area (Å²) >= 11 is 0. The van der Waals surface area contributed by atoms with E-state index in [1.54, 1.807) is 0 Å². The lowest BCUT2D eigenvalue weighted by Gasteiger charge is -2.14. The number of nitrogens with zero attached hydrogens (tertiary/aromatic N) is 2. The van der Waals surface area contributed by atoms with E-state index in [9.17, 15) is 8.42 Å². The van der Waals surface area contributed by atoms with Gasteiger partial charge in [-0.1, -0.05) is 13.3 Å². The number of fused-ring (bicyclic) bond motifs is 1. The minimum absolute atomic E-state index is 0.223. The Morgan fingerprint density at radius 3 is 2.95 bits per heavy atom. The van der Waals surface area contributed by atoms with Gasteiger partial charge in [-0.2, -0.15) is 5.10 Å². The van der Waals surface area contributed by atoms with Crippen LogP contribution in [0.5, 0.6) is 0 Å². The summed E-state index contributed by atoms with van der Waals surface area (Å²) in [5.41, 5.74) is 2.62. The van der Waals surface area contributed by atoms with Crippen LogP contribution in [-0.4, -0.2) is 30.5 Å². The van der Waals surface area contributed by atoms with Crippen molar-refractivity contribution in [1.82, 2.24) is 14.5 Å². The average Bonchev–Trinajstić information content (AvgIpc) is 2.80. The molecule has 0 radical (unpaired) electrons. The molecule has 1 aromatic heterocycles. The van der Waals surface area contributed by atoms with Gasteiger partial charge in [-0.05, 0) is 37.7 Å². The van der Waals surface area contributed by atoms with Crippen molar-refractivity contribution in [2.75, 3.05) is 12.3 Å². The second-order valence-electron chi connectivity index (χ2n) is 5.11. The Bertz CT molecular complexity index is 508. The molecular formula is C13H23N3O2S. The second-order valence-corrected chi connectivity index (χ2v) is 7.04. The van der Waals surface area contributed by atoms with Crippen molar-refractivity contribution >= 4 is 10.0 Å². The molecule has 1 aliphatic carbocycles. The maximum absolute atomic E-state index is 11.7. The third-order valence-electron chi connectivity index (χ3n) is 3.56. The summed E-state index contributed by atoms with van der Waals surface area (Å²) in [5.74, 6) is 0.223. The minimum atomic E-state index is -3.11. The molecular weight excluding hydrogens is 262 g/mol. The number of sulfonamides is 1. The largest absolute Gasteiger partial charge is 0.268 e. The van der Waals surface area contributed by atoms with Crippen molar-refractivity contribution < 1.29 is 8.42 Å². The van der Waals surface area contributed by atoms with Crippen LogP contribution >= 0.6 is 0 Å². The summed E-state index contributed by atoms with van der Waals surface area (Å²) in [7, 11) is -3.11. The van der Waals surface area contributed by atoms with E-state index in [0.717, 1.165) is 19.3 Å². The summed E-state index contributed by atoms with van der Waals surface area (Å²) in [6.45, 7) is 3.05. The highest BCUT2D eigenvalue weighted by Crippen LogP contribution is 2.20. The van der Waals surface area contributed by atoms with Gasteiger partial charge in [-0.3, -0.25) is 4.68 Å². The smallest absolute Gasteiger partial charge is 0.211 e. The summed E-state index contributed by atoms with van der Waals surface area (Å²) in [6, 6.07) is 0. The van der Waals surface area contributed by atoms with E-state index < -0.39 is 10.0 Å². The third-order valence-corrected chi connectivity index (χ3v) is 5.03. The first-order valence-corrected chi connectivity index (χ1v) is 8.78. The zero-order valence-corrected chi connectivity index (χ0v) is 12.4. The lowest BCUT2D eigenvalue weighted by Crippen LogP contribution is -2.30. The molecule has 0 unspecified atom stereocenters. The van der Waals surface area contributed by atoms with Gasteiger partial charge in [0.1, 0.15) is 0 Å². The van der Waals surface area contributed by atoms with Gasteiger partial charge in [-0.15, -0.1) is 0 Å². The molecule has 6 heteroatoms. The third kappa shape index (κ3) is 4.04. The van der Waals surface area contributed by atoms with Crippen LogP contribution in [0.2, 0.25) is 0 Å². The van der Waals surface area contributed by atoms with Crippen LogP contribution in [0.1, 0.15) is 43.9 Å². The first-order valence-electron chi connectivity index (χ1n) is 7.13. The zero-order valence-electron chi connectivity index (χ0n) is 11.6. The van der Waals surface area contributed by atoms with Gasteiger partial charge in [0.05, 0.1) is 18.5 Å². The van der Waals surface area contributed by atoms with Crippen LogP contribution in [0.25, 0.3) is 0 Å². The van der Waals surface area contributed by atoms with E-state index in [-0.39, 0.29) is 5.75 Å². The van der Waals surface area contributed by atoms with Crippen molar-refractivity contribution in [3.8, 4) is 0 Å². The Hall–Kier alpha value is -0.880. The summed E-state index contributed by atoms with van der Waals surface area (Å²) < 4.78 is 27.9. The van der Waals surface area contributed by atoms with Crippen molar-refractivity contribution in [3.63, 3.8) is 0 Å². The summed E-state index contributed by atoms with van der Waals surface area (Å²) in [5, 5.41) is 4.36. The molecule has 1 aliphatic rings. The molecule has 1 aromatic rings. The summed E-state index contributed by atoms with van der Waals surface area (Å²) in [6.07, 6.45) is 8.17. The van der Waals surface area contributed by atoms with Gasteiger partial charge in [0.2, 0.25) is 10.0 Å². The number of hydrogen-bond acceptors (Lipinski definition) is 3. The second kappa shape index (κ2) is 6.52. The monoisotopic (exact) mass is 285 g/mol. The van der Waals surface area contributed by atoms with E-state index in [4.69, 9.17) is 0 Å². The minimum Gasteiger partial charge on any atom is -0.268 e. The molecule has 0 spiro atoms. The SMILES string of the molecule is CCCCS(=O)(=O)NCCn1ncc2c1CCCC2. The number of rotatable bonds is 7. The van der Waals surface area contributed by atoms with Crippen LogP contribution in [0.15, 0.2) is 6.20 Å². The van der Waals surface area contributed by atoms with Gasteiger partial charge in [-0.25, -0.2) is 13.1 Å². The molecule has 2 rings (SSSR count). The fraction of sp³-hybridized carbons (Fsp3) is 0.769. The molecule has 0 saturated heterocycles. The molecule has 0 aromatic carbocycles. The zero-order chi connectivity index (χ0) is 13.7. The normalized spacial score (nSPS) is 15.4. The van der Waals surface area contributed by atoms with Gasteiger partial charge in [0.15, 0.2) is 0 Å². The molecule has 0 saturated carbocycles. The molecule has 0 fully saturated rings. The Labute approximate surface area is 115 Å². The predicted octanol–water partition coefficient (Wildman–Crippen LogP) is 1.48. The van der Waals surface area contributed by atoms with Crippen molar-refractivity contribution in [1.29, 1.82) is 0 Å². The molecule has 1 heterocycles. The lowest BCUT2D eigenvalue weighted by atomic mass is 9.98. The first-order chi connectivity index (χ1) is 9.12. The quantitative estimate of drug-likeness (QED) is 0.825. The average molecular weight is 285 g/mol. The molecule has 1 N–H and O–H groups in total. The van der Waals surface area contributed by atoms with Crippen LogP contribution in [0.3, 0.4) is 0 Å². The number of hydrogen-bond donors (Lipinski definition) is 1. The number of unbranched alkanes of at least 4 members (excludes halogenated alkanes) is 1. The standard InChI is InChI=1S/C13H23N3O2S/c1-2-3-10-19(17,18)15-8-9-16-13-7-5-4-6-12(13)11-14-16/h11,15H,2-10H2,1H3. The molecule has 0 atom stereocenters. The lowest BCUT2D eigenvalue weighted by molar-refractivity contribution is 0.537. The highest BCUT2D eigenvalue weighted by molar-refractivity contribution is 7.89. The van der Waals surface area contributed by atoms with Crippen molar-refractivity contribution in [2.24, 2.45) is 0 Å². The molecule has 19 heavy (non-hydrogen) atoms. The van der Waals surface area contributed by atoms with Gasteiger partial charge < -0.3 is 0 Å². The Kier molecular flexibility index (Phi) is 4.99. The van der Waals surface area contributed by atoms with Gasteiger partial charge in [0, 0.05) is 12.2 Å². The van der Waals surface area contributed by atoms with Crippen LogP contribution < -0.4 is 4.72 Å². The van der Waals surface area contributed by atoms with Crippen molar-refractivity contribution in [3.05, 3.63) is 17.5 Å². The predicted molar refractivity (Wildman–Crippen MR) is 75.6 cm³/mol. The van der Waals surface area contributed by atoms with Crippen molar-refractivity contribution in [2.45, 2.75) is 52.0 Å². The van der Waals surface area contributed by atoms with Gasteiger partial charge >= 0.3 is 0 Å². The van der Waals surface area contributed by atoms with E-state index >= 15 is 0 Å². The molecule has 5 nitrogen and oxygen atoms in total. The number of nitrogens with one attached hydrogen (secondary N) is 1. The first kappa shape index (κ1) is 14.5.